The number of nitrogens with zero attached hydrogens (tertiary/aromatic N) is 4. The molecule has 0 saturated carbocycles. The third-order valence-corrected chi connectivity index (χ3v) is 4.38. The van der Waals surface area contributed by atoms with E-state index in [-0.39, 0.29) is 5.38 Å². The number of fused-ring (bicyclic) bond motifs is 1. The molecule has 2 aromatic heterocycles. The Morgan fingerprint density at radius 2 is 2.00 bits per heavy atom. The van der Waals surface area contributed by atoms with Gasteiger partial charge >= 0.3 is 0 Å². The van der Waals surface area contributed by atoms with Crippen LogP contribution in [0.2, 0.25) is 0 Å². The minimum Gasteiger partial charge on any atom is -0.279 e. The maximum absolute atomic E-state index is 6.33. The SMILES string of the molecule is Cc1nn(C)c2c1nc(C(C)Cl)n2-c1ccccc1I. The summed E-state index contributed by atoms with van der Waals surface area (Å²) in [6, 6.07) is 8.20. The monoisotopic (exact) mass is 400 g/mol. The number of benzene rings is 1. The summed E-state index contributed by atoms with van der Waals surface area (Å²) in [5, 5.41) is 4.29. The molecule has 0 amide bonds. The first-order valence-corrected chi connectivity index (χ1v) is 7.83. The zero-order chi connectivity index (χ0) is 14.4. The van der Waals surface area contributed by atoms with E-state index in [1.54, 1.807) is 0 Å². The van der Waals surface area contributed by atoms with E-state index < -0.39 is 0 Å². The third-order valence-electron chi connectivity index (χ3n) is 3.28. The lowest BCUT2D eigenvalue weighted by atomic mass is 10.3. The lowest BCUT2D eigenvalue weighted by molar-refractivity contribution is 0.747. The van der Waals surface area contributed by atoms with Crippen molar-refractivity contribution in [3.8, 4) is 5.69 Å². The van der Waals surface area contributed by atoms with Crippen LogP contribution in [-0.2, 0) is 7.05 Å². The summed E-state index contributed by atoms with van der Waals surface area (Å²) in [4.78, 5) is 4.69. The Bertz CT molecular complexity index is 788. The Morgan fingerprint density at radius 1 is 1.30 bits per heavy atom. The topological polar surface area (TPSA) is 35.6 Å². The molecule has 0 radical (unpaired) electrons. The highest BCUT2D eigenvalue weighted by Crippen LogP contribution is 2.30. The van der Waals surface area contributed by atoms with Crippen molar-refractivity contribution < 1.29 is 0 Å². The second-order valence-electron chi connectivity index (χ2n) is 4.75. The van der Waals surface area contributed by atoms with Gasteiger partial charge in [0, 0.05) is 10.6 Å². The van der Waals surface area contributed by atoms with Crippen LogP contribution in [0.3, 0.4) is 0 Å². The van der Waals surface area contributed by atoms with Gasteiger partial charge in [0.2, 0.25) is 0 Å². The van der Waals surface area contributed by atoms with Gasteiger partial charge in [-0.05, 0) is 48.6 Å². The van der Waals surface area contributed by atoms with Crippen LogP contribution in [0.1, 0.15) is 23.8 Å². The molecule has 3 rings (SSSR count). The Kier molecular flexibility index (Phi) is 3.50. The van der Waals surface area contributed by atoms with Crippen LogP contribution in [0.4, 0.5) is 0 Å². The molecule has 104 valence electrons. The predicted molar refractivity (Wildman–Crippen MR) is 89.6 cm³/mol. The Hall–Kier alpha value is -1.08. The predicted octanol–water partition coefficient (Wildman–Crippen LogP) is 3.97. The molecule has 0 N–H and O–H groups in total. The number of hydrogen-bond acceptors (Lipinski definition) is 2. The first kappa shape index (κ1) is 13.9. The van der Waals surface area contributed by atoms with Crippen molar-refractivity contribution in [2.24, 2.45) is 7.05 Å². The van der Waals surface area contributed by atoms with Crippen LogP contribution in [0.25, 0.3) is 16.9 Å². The lowest BCUT2D eigenvalue weighted by Crippen LogP contribution is -2.07. The minimum absolute atomic E-state index is 0.169. The third kappa shape index (κ3) is 2.03. The number of hydrogen-bond donors (Lipinski definition) is 0. The van der Waals surface area contributed by atoms with Crippen LogP contribution in [0.15, 0.2) is 24.3 Å². The summed E-state index contributed by atoms with van der Waals surface area (Å²) in [6.07, 6.45) is 0. The standard InChI is InChI=1S/C14H14ClIN4/c1-8(15)13-17-12-9(2)18-19(3)14(12)20(13)11-7-5-4-6-10(11)16/h4-8H,1-3H3. The first-order chi connectivity index (χ1) is 9.50. The Morgan fingerprint density at radius 3 is 2.65 bits per heavy atom. The zero-order valence-corrected chi connectivity index (χ0v) is 14.3. The highest BCUT2D eigenvalue weighted by molar-refractivity contribution is 14.1. The molecule has 1 unspecified atom stereocenters. The molecule has 0 aliphatic rings. The number of imidazole rings is 1. The molecule has 2 heterocycles. The van der Waals surface area contributed by atoms with Crippen molar-refractivity contribution in [3.05, 3.63) is 39.4 Å². The quantitative estimate of drug-likeness (QED) is 0.482. The zero-order valence-electron chi connectivity index (χ0n) is 11.4. The molecule has 20 heavy (non-hydrogen) atoms. The molecule has 4 nitrogen and oxygen atoms in total. The fourth-order valence-electron chi connectivity index (χ4n) is 2.43. The van der Waals surface area contributed by atoms with Gasteiger partial charge in [0.05, 0.1) is 16.8 Å². The molecular formula is C14H14ClIN4. The molecule has 0 aliphatic heterocycles. The van der Waals surface area contributed by atoms with Crippen molar-refractivity contribution in [2.75, 3.05) is 0 Å². The summed E-state index contributed by atoms with van der Waals surface area (Å²) in [7, 11) is 1.94. The average Bonchev–Trinajstić information content (AvgIpc) is 2.90. The van der Waals surface area contributed by atoms with Gasteiger partial charge in [0.1, 0.15) is 11.3 Å². The van der Waals surface area contributed by atoms with Gasteiger partial charge in [-0.25, -0.2) is 9.67 Å². The van der Waals surface area contributed by atoms with E-state index in [2.05, 4.69) is 44.4 Å². The smallest absolute Gasteiger partial charge is 0.163 e. The largest absolute Gasteiger partial charge is 0.279 e. The summed E-state index contributed by atoms with van der Waals surface area (Å²) >= 11 is 8.66. The van der Waals surface area contributed by atoms with Crippen molar-refractivity contribution in [1.29, 1.82) is 0 Å². The van der Waals surface area contributed by atoms with Crippen molar-refractivity contribution in [2.45, 2.75) is 19.2 Å². The van der Waals surface area contributed by atoms with Crippen molar-refractivity contribution in [3.63, 3.8) is 0 Å². The molecule has 0 saturated heterocycles. The minimum atomic E-state index is -0.169. The average molecular weight is 401 g/mol. The summed E-state index contributed by atoms with van der Waals surface area (Å²) in [6.45, 7) is 3.91. The molecule has 1 aromatic carbocycles. The second kappa shape index (κ2) is 5.04. The maximum atomic E-state index is 6.33. The molecule has 0 fully saturated rings. The normalized spacial score (nSPS) is 13.1. The van der Waals surface area contributed by atoms with Crippen molar-refractivity contribution in [1.82, 2.24) is 19.3 Å². The Labute approximate surface area is 135 Å². The second-order valence-corrected chi connectivity index (χ2v) is 6.57. The summed E-state index contributed by atoms with van der Waals surface area (Å²) in [5.41, 5.74) is 3.90. The van der Waals surface area contributed by atoms with E-state index in [1.807, 2.05) is 37.7 Å². The first-order valence-electron chi connectivity index (χ1n) is 6.31. The van der Waals surface area contributed by atoms with Gasteiger partial charge in [-0.1, -0.05) is 12.1 Å². The maximum Gasteiger partial charge on any atom is 0.163 e. The van der Waals surface area contributed by atoms with Crippen LogP contribution in [0.5, 0.6) is 0 Å². The van der Waals surface area contributed by atoms with Gasteiger partial charge in [-0.15, -0.1) is 11.6 Å². The van der Waals surface area contributed by atoms with E-state index >= 15 is 0 Å². The van der Waals surface area contributed by atoms with Crippen LogP contribution >= 0.6 is 34.2 Å². The summed E-state index contributed by atoms with van der Waals surface area (Å²) in [5.74, 6) is 0.849. The van der Waals surface area contributed by atoms with Crippen LogP contribution in [0, 0.1) is 10.5 Å². The highest BCUT2D eigenvalue weighted by atomic mass is 127. The molecule has 3 aromatic rings. The van der Waals surface area contributed by atoms with E-state index in [0.717, 1.165) is 31.9 Å². The molecule has 0 bridgehead atoms. The van der Waals surface area contributed by atoms with Crippen LogP contribution in [-0.4, -0.2) is 19.3 Å². The van der Waals surface area contributed by atoms with Crippen LogP contribution < -0.4 is 0 Å². The van der Waals surface area contributed by atoms with Gasteiger partial charge < -0.3 is 0 Å². The number of aryl methyl sites for hydroxylation is 2. The lowest BCUT2D eigenvalue weighted by Gasteiger charge is -2.12. The van der Waals surface area contributed by atoms with E-state index in [4.69, 9.17) is 16.6 Å². The number of alkyl halides is 1. The fourth-order valence-corrected chi connectivity index (χ4v) is 3.20. The molecule has 1 atom stereocenters. The number of halogens is 2. The Balaban J connectivity index is 2.44. The van der Waals surface area contributed by atoms with E-state index in [1.165, 1.54) is 0 Å². The van der Waals surface area contributed by atoms with Gasteiger partial charge in [-0.3, -0.25) is 4.57 Å². The van der Waals surface area contributed by atoms with Gasteiger partial charge in [0.15, 0.2) is 5.65 Å². The van der Waals surface area contributed by atoms with Gasteiger partial charge in [-0.2, -0.15) is 5.10 Å². The van der Waals surface area contributed by atoms with E-state index in [9.17, 15) is 0 Å². The molecular weight excluding hydrogens is 387 g/mol. The molecule has 6 heteroatoms. The fraction of sp³-hybridized carbons (Fsp3) is 0.286. The molecule has 0 spiro atoms. The molecule has 0 aliphatic carbocycles. The number of para-hydroxylation sites is 1. The number of rotatable bonds is 2. The van der Waals surface area contributed by atoms with Gasteiger partial charge in [0.25, 0.3) is 0 Å². The van der Waals surface area contributed by atoms with E-state index in [0.29, 0.717) is 0 Å². The summed E-state index contributed by atoms with van der Waals surface area (Å²) < 4.78 is 5.12. The number of aromatic nitrogens is 4. The van der Waals surface area contributed by atoms with Crippen molar-refractivity contribution >= 4 is 45.4 Å². The highest BCUT2D eigenvalue weighted by Gasteiger charge is 2.22.